The molecule has 2 aromatic carbocycles. The van der Waals surface area contributed by atoms with Gasteiger partial charge in [-0.15, -0.1) is 0 Å². The molecule has 0 spiro atoms. The van der Waals surface area contributed by atoms with Gasteiger partial charge in [-0.3, -0.25) is 9.59 Å². The second kappa shape index (κ2) is 10.5. The Morgan fingerprint density at radius 1 is 0.962 bits per heavy atom. The van der Waals surface area contributed by atoms with Gasteiger partial charge in [-0.1, -0.05) is 18.2 Å². The van der Waals surface area contributed by atoms with Crippen LogP contribution in [0.3, 0.4) is 0 Å². The topological polar surface area (TPSA) is 89.0 Å². The summed E-state index contributed by atoms with van der Waals surface area (Å²) >= 11 is 0. The van der Waals surface area contributed by atoms with Crippen LogP contribution in [0.4, 0.5) is 0 Å². The number of carbonyl (C=O) groups is 2. The van der Waals surface area contributed by atoms with E-state index in [1.165, 1.54) is 6.21 Å². The lowest BCUT2D eigenvalue weighted by atomic mass is 10.2. The smallest absolute Gasteiger partial charge is 0.259 e. The maximum absolute atomic E-state index is 11.7. The number of nitrogens with zero attached hydrogens (tertiary/aromatic N) is 1. The van der Waals surface area contributed by atoms with E-state index in [1.54, 1.807) is 12.1 Å². The molecule has 2 aromatic rings. The van der Waals surface area contributed by atoms with Crippen LogP contribution < -0.4 is 20.2 Å². The Bertz CT molecular complexity index is 730. The number of hydrazone groups is 1. The highest BCUT2D eigenvalue weighted by atomic mass is 16.5. The van der Waals surface area contributed by atoms with Crippen LogP contribution in [-0.2, 0) is 9.59 Å². The van der Waals surface area contributed by atoms with Crippen molar-refractivity contribution >= 4 is 18.0 Å². The number of rotatable bonds is 9. The van der Waals surface area contributed by atoms with E-state index in [0.717, 1.165) is 11.3 Å². The van der Waals surface area contributed by atoms with E-state index in [4.69, 9.17) is 9.47 Å². The molecule has 0 aliphatic carbocycles. The molecular weight excluding hydrogens is 334 g/mol. The number of ether oxygens (including phenoxy) is 2. The van der Waals surface area contributed by atoms with E-state index in [-0.39, 0.29) is 19.1 Å². The standard InChI is InChI=1S/C19H21N3O4/c1-2-25-17-10-8-15(9-11-17)12-21-22-18(23)13-20-19(24)14-26-16-6-4-3-5-7-16/h3-12H,2,13-14H2,1H3,(H,20,24)(H,22,23)/b21-12+. The molecule has 26 heavy (non-hydrogen) atoms. The zero-order valence-corrected chi connectivity index (χ0v) is 14.5. The third-order valence-electron chi connectivity index (χ3n) is 3.15. The molecule has 0 aliphatic rings. The third-order valence-corrected chi connectivity index (χ3v) is 3.15. The first kappa shape index (κ1) is 19.0. The number of hydrogen-bond acceptors (Lipinski definition) is 5. The quantitative estimate of drug-likeness (QED) is 0.530. The van der Waals surface area contributed by atoms with Gasteiger partial charge in [-0.25, -0.2) is 5.43 Å². The second-order valence-corrected chi connectivity index (χ2v) is 5.17. The van der Waals surface area contributed by atoms with Crippen molar-refractivity contribution in [3.05, 3.63) is 60.2 Å². The fourth-order valence-electron chi connectivity index (χ4n) is 1.93. The zero-order valence-electron chi connectivity index (χ0n) is 14.5. The molecule has 2 rings (SSSR count). The van der Waals surface area contributed by atoms with Crippen LogP contribution in [0.15, 0.2) is 59.7 Å². The van der Waals surface area contributed by atoms with Gasteiger partial charge >= 0.3 is 0 Å². The van der Waals surface area contributed by atoms with Crippen LogP contribution in [0.25, 0.3) is 0 Å². The summed E-state index contributed by atoms with van der Waals surface area (Å²) in [6.45, 7) is 2.17. The van der Waals surface area contributed by atoms with Crippen molar-refractivity contribution in [1.82, 2.24) is 10.7 Å². The predicted octanol–water partition coefficient (Wildman–Crippen LogP) is 1.73. The summed E-state index contributed by atoms with van der Waals surface area (Å²) in [5, 5.41) is 6.30. The Morgan fingerprint density at radius 3 is 2.35 bits per heavy atom. The minimum Gasteiger partial charge on any atom is -0.494 e. The third kappa shape index (κ3) is 7.04. The average molecular weight is 355 g/mol. The van der Waals surface area contributed by atoms with E-state index in [9.17, 15) is 9.59 Å². The summed E-state index contributed by atoms with van der Waals surface area (Å²) in [6, 6.07) is 16.2. The van der Waals surface area contributed by atoms with Crippen LogP contribution in [0, 0.1) is 0 Å². The van der Waals surface area contributed by atoms with Crippen LogP contribution in [0.5, 0.6) is 11.5 Å². The molecule has 0 radical (unpaired) electrons. The lowest BCUT2D eigenvalue weighted by Crippen LogP contribution is -2.37. The molecule has 0 heterocycles. The van der Waals surface area contributed by atoms with Crippen molar-refractivity contribution in [2.45, 2.75) is 6.92 Å². The molecule has 0 fully saturated rings. The summed E-state index contributed by atoms with van der Waals surface area (Å²) in [5.41, 5.74) is 3.16. The Kier molecular flexibility index (Phi) is 7.67. The second-order valence-electron chi connectivity index (χ2n) is 5.17. The van der Waals surface area contributed by atoms with Crippen LogP contribution in [-0.4, -0.2) is 37.8 Å². The van der Waals surface area contributed by atoms with E-state index in [1.807, 2.05) is 49.4 Å². The highest BCUT2D eigenvalue weighted by Gasteiger charge is 2.05. The number of para-hydroxylation sites is 1. The first-order chi connectivity index (χ1) is 12.7. The molecule has 2 N–H and O–H groups in total. The molecule has 0 saturated carbocycles. The Labute approximate surface area is 152 Å². The fraction of sp³-hybridized carbons (Fsp3) is 0.211. The first-order valence-corrected chi connectivity index (χ1v) is 8.16. The fourth-order valence-corrected chi connectivity index (χ4v) is 1.93. The number of nitrogens with one attached hydrogen (secondary N) is 2. The van der Waals surface area contributed by atoms with Crippen molar-refractivity contribution in [1.29, 1.82) is 0 Å². The SMILES string of the molecule is CCOc1ccc(/C=N/NC(=O)CNC(=O)COc2ccccc2)cc1. The normalized spacial score (nSPS) is 10.3. The van der Waals surface area contributed by atoms with E-state index < -0.39 is 5.91 Å². The zero-order chi connectivity index (χ0) is 18.6. The maximum atomic E-state index is 11.7. The van der Waals surface area contributed by atoms with Gasteiger partial charge in [-0.2, -0.15) is 5.10 Å². The first-order valence-electron chi connectivity index (χ1n) is 8.16. The van der Waals surface area contributed by atoms with Gasteiger partial charge in [0.2, 0.25) is 0 Å². The van der Waals surface area contributed by atoms with Gasteiger partial charge in [-0.05, 0) is 48.9 Å². The highest BCUT2D eigenvalue weighted by Crippen LogP contribution is 2.10. The van der Waals surface area contributed by atoms with E-state index in [2.05, 4.69) is 15.8 Å². The summed E-state index contributed by atoms with van der Waals surface area (Å²) in [4.78, 5) is 23.3. The summed E-state index contributed by atoms with van der Waals surface area (Å²) in [7, 11) is 0. The molecule has 7 heteroatoms. The van der Waals surface area contributed by atoms with Crippen LogP contribution >= 0.6 is 0 Å². The van der Waals surface area contributed by atoms with Gasteiger partial charge in [0, 0.05) is 0 Å². The molecule has 136 valence electrons. The van der Waals surface area contributed by atoms with Crippen molar-refractivity contribution < 1.29 is 19.1 Å². The van der Waals surface area contributed by atoms with Gasteiger partial charge < -0.3 is 14.8 Å². The van der Waals surface area contributed by atoms with Gasteiger partial charge in [0.25, 0.3) is 11.8 Å². The van der Waals surface area contributed by atoms with E-state index in [0.29, 0.717) is 12.4 Å². The Morgan fingerprint density at radius 2 is 1.65 bits per heavy atom. The van der Waals surface area contributed by atoms with Gasteiger partial charge in [0.15, 0.2) is 6.61 Å². The number of carbonyl (C=O) groups excluding carboxylic acids is 2. The number of benzene rings is 2. The van der Waals surface area contributed by atoms with Gasteiger partial charge in [0.05, 0.1) is 19.4 Å². The highest BCUT2D eigenvalue weighted by molar-refractivity contribution is 5.86. The summed E-state index contributed by atoms with van der Waals surface area (Å²) in [6.07, 6.45) is 1.51. The van der Waals surface area contributed by atoms with Crippen molar-refractivity contribution in [2.75, 3.05) is 19.8 Å². The summed E-state index contributed by atoms with van der Waals surface area (Å²) < 4.78 is 10.6. The monoisotopic (exact) mass is 355 g/mol. The molecule has 0 saturated heterocycles. The molecule has 0 aromatic heterocycles. The molecule has 0 bridgehead atoms. The van der Waals surface area contributed by atoms with Crippen LogP contribution in [0.2, 0.25) is 0 Å². The minimum atomic E-state index is -0.430. The van der Waals surface area contributed by atoms with Crippen LogP contribution in [0.1, 0.15) is 12.5 Å². The van der Waals surface area contributed by atoms with Gasteiger partial charge in [0.1, 0.15) is 11.5 Å². The Balaban J connectivity index is 1.65. The minimum absolute atomic E-state index is 0.160. The van der Waals surface area contributed by atoms with E-state index >= 15 is 0 Å². The lowest BCUT2D eigenvalue weighted by molar-refractivity contribution is -0.127. The molecule has 2 amide bonds. The molecule has 0 aliphatic heterocycles. The molecule has 0 atom stereocenters. The van der Waals surface area contributed by atoms with Crippen molar-refractivity contribution in [3.8, 4) is 11.5 Å². The predicted molar refractivity (Wildman–Crippen MR) is 98.3 cm³/mol. The average Bonchev–Trinajstić information content (AvgIpc) is 2.67. The molecular formula is C19H21N3O4. The Hall–Kier alpha value is -3.35. The summed E-state index contributed by atoms with van der Waals surface area (Å²) in [5.74, 6) is 0.543. The van der Waals surface area contributed by atoms with Crippen molar-refractivity contribution in [2.24, 2.45) is 5.10 Å². The number of hydrogen-bond donors (Lipinski definition) is 2. The largest absolute Gasteiger partial charge is 0.494 e. The lowest BCUT2D eigenvalue weighted by Gasteiger charge is -2.06. The maximum Gasteiger partial charge on any atom is 0.259 e. The molecule has 7 nitrogen and oxygen atoms in total. The number of amides is 2. The molecule has 0 unspecified atom stereocenters. The van der Waals surface area contributed by atoms with Crippen molar-refractivity contribution in [3.63, 3.8) is 0 Å².